The molecular weight excluding hydrogens is 586 g/mol. The van der Waals surface area contributed by atoms with Crippen LogP contribution in [-0.4, -0.2) is 102 Å². The average molecular weight is 624 g/mol. The summed E-state index contributed by atoms with van der Waals surface area (Å²) in [6.45, 7) is 2.06. The molecule has 2 aromatic carbocycles. The first kappa shape index (κ1) is 32.4. The van der Waals surface area contributed by atoms with Crippen molar-refractivity contribution in [3.8, 4) is 0 Å². The van der Waals surface area contributed by atoms with Gasteiger partial charge in [0.15, 0.2) is 18.0 Å². The van der Waals surface area contributed by atoms with E-state index in [0.717, 1.165) is 5.56 Å². The van der Waals surface area contributed by atoms with Crippen molar-refractivity contribution in [3.63, 3.8) is 0 Å². The number of aliphatic hydroxyl groups is 6. The zero-order valence-corrected chi connectivity index (χ0v) is 24.7. The second-order valence-corrected chi connectivity index (χ2v) is 11.3. The maximum atomic E-state index is 13.3. The molecule has 2 aliphatic rings. The van der Waals surface area contributed by atoms with Crippen molar-refractivity contribution in [2.75, 3.05) is 23.9 Å². The molecule has 45 heavy (non-hydrogen) atoms. The Kier molecular flexibility index (Phi) is 9.46. The SMILES string of the molecule is C[C@H](/C=C/CCn1cc(C(CO)c2ccccc2)nn1)[C@@]1(O)C(=O)N(C)c2ccc(NC(=O)[C@H]3O[C@@H](O)[C@H](O)[C@@H](O)[C@@H]3O)cc21. The highest BCUT2D eigenvalue weighted by molar-refractivity contribution is 6.07. The first-order valence-electron chi connectivity index (χ1n) is 14.5. The number of aryl methyl sites for hydroxylation is 1. The molecular formula is C31H37N5O9. The van der Waals surface area contributed by atoms with Crippen LogP contribution < -0.4 is 10.2 Å². The minimum Gasteiger partial charge on any atom is -0.395 e. The first-order valence-corrected chi connectivity index (χ1v) is 14.5. The van der Waals surface area contributed by atoms with Gasteiger partial charge in [0.25, 0.3) is 11.8 Å². The van der Waals surface area contributed by atoms with Gasteiger partial charge in [0.2, 0.25) is 0 Å². The van der Waals surface area contributed by atoms with E-state index in [9.17, 15) is 40.2 Å². The Morgan fingerprint density at radius 2 is 1.84 bits per heavy atom. The van der Waals surface area contributed by atoms with Crippen molar-refractivity contribution >= 4 is 23.2 Å². The lowest BCUT2D eigenvalue weighted by Crippen LogP contribution is -2.60. The third kappa shape index (κ3) is 6.13. The lowest BCUT2D eigenvalue weighted by molar-refractivity contribution is -0.274. The van der Waals surface area contributed by atoms with E-state index in [4.69, 9.17) is 4.74 Å². The summed E-state index contributed by atoms with van der Waals surface area (Å²) in [4.78, 5) is 27.5. The number of nitrogens with zero attached hydrogens (tertiary/aromatic N) is 4. The summed E-state index contributed by atoms with van der Waals surface area (Å²) < 4.78 is 6.65. The second kappa shape index (κ2) is 13.1. The standard InChI is InChI=1S/C31H37N5O9/c1-17(8-6-7-13-36-15-22(33-34-36)20(16-37)18-9-4-3-5-10-18)31(44)21-14-19(11-12-23(21)35(2)30(31)43)32-28(41)27-25(39)24(38)26(40)29(42)45-27/h3-6,8-12,14-15,17,20,24-27,29,37-40,42,44H,7,13,16H2,1-2H3,(H,32,41)/b8-6+/t17-,20?,24+,25+,26-,27+,29-,31+/m1/s1. The monoisotopic (exact) mass is 623 g/mol. The molecule has 5 rings (SSSR count). The average Bonchev–Trinajstić information content (AvgIpc) is 3.58. The number of allylic oxidation sites excluding steroid dienone is 1. The number of carbonyl (C=O) groups excluding carboxylic acids is 2. The van der Waals surface area contributed by atoms with Gasteiger partial charge >= 0.3 is 0 Å². The number of rotatable bonds is 10. The lowest BCUT2D eigenvalue weighted by Gasteiger charge is -2.37. The summed E-state index contributed by atoms with van der Waals surface area (Å²) >= 11 is 0. The molecule has 2 aliphatic heterocycles. The summed E-state index contributed by atoms with van der Waals surface area (Å²) in [6, 6.07) is 14.0. The third-order valence-electron chi connectivity index (χ3n) is 8.42. The van der Waals surface area contributed by atoms with Gasteiger partial charge in [-0.2, -0.15) is 0 Å². The number of benzene rings is 2. The van der Waals surface area contributed by atoms with Gasteiger partial charge in [0.1, 0.15) is 18.3 Å². The third-order valence-corrected chi connectivity index (χ3v) is 8.42. The molecule has 14 heteroatoms. The Hall–Kier alpha value is -4.02. The fourth-order valence-electron chi connectivity index (χ4n) is 5.71. The van der Waals surface area contributed by atoms with E-state index in [1.807, 2.05) is 36.4 Å². The molecule has 7 N–H and O–H groups in total. The number of hydrogen-bond acceptors (Lipinski definition) is 11. The Morgan fingerprint density at radius 1 is 1.11 bits per heavy atom. The van der Waals surface area contributed by atoms with Crippen molar-refractivity contribution in [2.45, 2.75) is 62.1 Å². The predicted molar refractivity (Wildman–Crippen MR) is 160 cm³/mol. The Balaban J connectivity index is 1.26. The molecule has 0 bridgehead atoms. The summed E-state index contributed by atoms with van der Waals surface area (Å²) in [5.74, 6) is -2.44. The number of fused-ring (bicyclic) bond motifs is 1. The smallest absolute Gasteiger partial charge is 0.264 e. The van der Waals surface area contributed by atoms with E-state index in [0.29, 0.717) is 24.3 Å². The van der Waals surface area contributed by atoms with Gasteiger partial charge in [-0.1, -0.05) is 54.6 Å². The number of carbonyl (C=O) groups is 2. The van der Waals surface area contributed by atoms with E-state index in [1.54, 1.807) is 29.9 Å². The number of nitrogens with one attached hydrogen (secondary N) is 1. The number of amides is 2. The summed E-state index contributed by atoms with van der Waals surface area (Å²) in [5.41, 5.74) is 0.479. The zero-order valence-electron chi connectivity index (χ0n) is 24.7. The van der Waals surface area contributed by atoms with Gasteiger partial charge in [0.05, 0.1) is 23.9 Å². The largest absolute Gasteiger partial charge is 0.395 e. The molecule has 2 amide bonds. The van der Waals surface area contributed by atoms with E-state index in [2.05, 4.69) is 15.6 Å². The fourth-order valence-corrected chi connectivity index (χ4v) is 5.71. The minimum atomic E-state index is -1.96. The number of aliphatic hydroxyl groups excluding tert-OH is 5. The van der Waals surface area contributed by atoms with Gasteiger partial charge in [-0.05, 0) is 30.2 Å². The zero-order chi connectivity index (χ0) is 32.5. The topological polar surface area (TPSA) is 211 Å². The Bertz CT molecular complexity index is 1550. The molecule has 8 atom stereocenters. The van der Waals surface area contributed by atoms with Crippen LogP contribution >= 0.6 is 0 Å². The van der Waals surface area contributed by atoms with Crippen LogP contribution in [-0.2, 0) is 26.5 Å². The highest BCUT2D eigenvalue weighted by Crippen LogP contribution is 2.45. The van der Waals surface area contributed by atoms with Crippen molar-refractivity contribution in [1.29, 1.82) is 0 Å². The van der Waals surface area contributed by atoms with Crippen LogP contribution in [0.2, 0.25) is 0 Å². The van der Waals surface area contributed by atoms with Gasteiger partial charge in [-0.25, -0.2) is 0 Å². The Labute approximate surface area is 258 Å². The molecule has 0 radical (unpaired) electrons. The van der Waals surface area contributed by atoms with Crippen LogP contribution in [0.25, 0.3) is 0 Å². The summed E-state index contributed by atoms with van der Waals surface area (Å²) in [7, 11) is 1.53. The first-order chi connectivity index (χ1) is 21.5. The quantitative estimate of drug-likeness (QED) is 0.144. The lowest BCUT2D eigenvalue weighted by atomic mass is 9.82. The van der Waals surface area contributed by atoms with E-state index >= 15 is 0 Å². The van der Waals surface area contributed by atoms with Gasteiger partial charge in [-0.15, -0.1) is 5.10 Å². The van der Waals surface area contributed by atoms with Crippen LogP contribution in [0.1, 0.15) is 36.1 Å². The molecule has 3 heterocycles. The summed E-state index contributed by atoms with van der Waals surface area (Å²) in [5, 5.41) is 72.1. The molecule has 0 spiro atoms. The predicted octanol–water partition coefficient (Wildman–Crippen LogP) is -0.413. The normalized spacial score (nSPS) is 27.9. The maximum absolute atomic E-state index is 13.3. The van der Waals surface area contributed by atoms with E-state index < -0.39 is 54.0 Å². The molecule has 1 aromatic heterocycles. The van der Waals surface area contributed by atoms with Crippen molar-refractivity contribution in [1.82, 2.24) is 15.0 Å². The van der Waals surface area contributed by atoms with E-state index in [1.165, 1.54) is 24.1 Å². The minimum absolute atomic E-state index is 0.110. The van der Waals surface area contributed by atoms with Crippen molar-refractivity contribution in [3.05, 3.63) is 83.7 Å². The van der Waals surface area contributed by atoms with Crippen molar-refractivity contribution < 1.29 is 45.0 Å². The van der Waals surface area contributed by atoms with Crippen LogP contribution in [0.4, 0.5) is 11.4 Å². The molecule has 1 saturated heterocycles. The van der Waals surface area contributed by atoms with Gasteiger partial charge < -0.3 is 45.6 Å². The number of aromatic nitrogens is 3. The Morgan fingerprint density at radius 3 is 2.56 bits per heavy atom. The molecule has 14 nitrogen and oxygen atoms in total. The van der Waals surface area contributed by atoms with Crippen LogP contribution in [0.15, 0.2) is 66.9 Å². The number of likely N-dealkylation sites (N-methyl/N-ethyl adjacent to an activating group) is 1. The van der Waals surface area contributed by atoms with Crippen LogP contribution in [0.3, 0.4) is 0 Å². The highest BCUT2D eigenvalue weighted by Gasteiger charge is 2.52. The summed E-state index contributed by atoms with van der Waals surface area (Å²) in [6.07, 6.45) is -3.14. The van der Waals surface area contributed by atoms with Crippen LogP contribution in [0, 0.1) is 5.92 Å². The van der Waals surface area contributed by atoms with Crippen LogP contribution in [0.5, 0.6) is 0 Å². The molecule has 1 fully saturated rings. The maximum Gasteiger partial charge on any atom is 0.264 e. The highest BCUT2D eigenvalue weighted by atomic mass is 16.6. The van der Waals surface area contributed by atoms with E-state index in [-0.39, 0.29) is 23.8 Å². The van der Waals surface area contributed by atoms with Gasteiger partial charge in [0, 0.05) is 37.0 Å². The number of anilines is 2. The molecule has 0 saturated carbocycles. The number of ether oxygens (including phenoxy) is 1. The number of hydrogen-bond donors (Lipinski definition) is 7. The molecule has 3 aromatic rings. The fraction of sp³-hybridized carbons (Fsp3) is 0.419. The second-order valence-electron chi connectivity index (χ2n) is 11.3. The van der Waals surface area contributed by atoms with Gasteiger partial charge in [-0.3, -0.25) is 14.3 Å². The molecule has 1 unspecified atom stereocenters. The molecule has 240 valence electrons. The van der Waals surface area contributed by atoms with Crippen molar-refractivity contribution in [2.24, 2.45) is 5.92 Å². The molecule has 0 aliphatic carbocycles.